The molecule has 0 aliphatic heterocycles. The van der Waals surface area contributed by atoms with Gasteiger partial charge in [0.15, 0.2) is 0 Å². The normalized spacial score (nSPS) is 11.7. The third-order valence-corrected chi connectivity index (χ3v) is 4.82. The van der Waals surface area contributed by atoms with Crippen molar-refractivity contribution >= 4 is 49.8 Å². The molecule has 9 heteroatoms. The van der Waals surface area contributed by atoms with Crippen LogP contribution in [0.4, 0.5) is 5.69 Å². The molecule has 6 nitrogen and oxygen atoms in total. The summed E-state index contributed by atoms with van der Waals surface area (Å²) in [6.07, 6.45) is 2.75. The Balaban J connectivity index is 2.03. The zero-order valence-electron chi connectivity index (χ0n) is 10.3. The summed E-state index contributed by atoms with van der Waals surface area (Å²) in [5.74, 6) is 0. The standard InChI is InChI=1S/C12H8Cl2N4O2S/c13-9-4-8(6-15-12(9)14)21(19,20)18-10-3-1-2-7-5-16-17-11(7)10/h1-6,18H,(H,16,17). The summed E-state index contributed by atoms with van der Waals surface area (Å²) in [7, 11) is -3.83. The number of benzene rings is 1. The van der Waals surface area contributed by atoms with Crippen molar-refractivity contribution in [1.82, 2.24) is 15.2 Å². The zero-order chi connectivity index (χ0) is 15.0. The van der Waals surface area contributed by atoms with Gasteiger partial charge in [0.25, 0.3) is 10.0 Å². The summed E-state index contributed by atoms with van der Waals surface area (Å²) in [6, 6.07) is 6.41. The number of hydrogen-bond donors (Lipinski definition) is 2. The maximum Gasteiger partial charge on any atom is 0.263 e. The molecule has 0 unspecified atom stereocenters. The van der Waals surface area contributed by atoms with Gasteiger partial charge in [-0.1, -0.05) is 35.3 Å². The molecule has 1 aromatic carbocycles. The lowest BCUT2D eigenvalue weighted by Crippen LogP contribution is -2.13. The van der Waals surface area contributed by atoms with Gasteiger partial charge in [-0.25, -0.2) is 13.4 Å². The van der Waals surface area contributed by atoms with Crippen LogP contribution in [0.3, 0.4) is 0 Å². The quantitative estimate of drug-likeness (QED) is 0.716. The summed E-state index contributed by atoms with van der Waals surface area (Å²) >= 11 is 11.5. The van der Waals surface area contributed by atoms with E-state index in [4.69, 9.17) is 23.2 Å². The minimum absolute atomic E-state index is 0.0475. The molecule has 0 saturated heterocycles. The van der Waals surface area contributed by atoms with Crippen molar-refractivity contribution < 1.29 is 8.42 Å². The first-order valence-corrected chi connectivity index (χ1v) is 7.97. The largest absolute Gasteiger partial charge is 0.277 e. The Bertz CT molecular complexity index is 924. The first-order chi connectivity index (χ1) is 9.97. The number of H-pyrrole nitrogens is 1. The molecular weight excluding hydrogens is 335 g/mol. The van der Waals surface area contributed by atoms with Crippen LogP contribution in [0.15, 0.2) is 41.6 Å². The fourth-order valence-electron chi connectivity index (χ4n) is 1.81. The Kier molecular flexibility index (Phi) is 3.48. The summed E-state index contributed by atoms with van der Waals surface area (Å²) in [5.41, 5.74) is 0.977. The Morgan fingerprint density at radius 3 is 2.76 bits per heavy atom. The van der Waals surface area contributed by atoms with Crippen LogP contribution in [0.5, 0.6) is 0 Å². The lowest BCUT2D eigenvalue weighted by atomic mass is 10.2. The first-order valence-electron chi connectivity index (χ1n) is 5.73. The van der Waals surface area contributed by atoms with Crippen molar-refractivity contribution in [2.24, 2.45) is 0 Å². The van der Waals surface area contributed by atoms with Crippen molar-refractivity contribution in [2.75, 3.05) is 4.72 Å². The third-order valence-electron chi connectivity index (χ3n) is 2.80. The lowest BCUT2D eigenvalue weighted by Gasteiger charge is -2.09. The van der Waals surface area contributed by atoms with E-state index in [0.717, 1.165) is 11.6 Å². The van der Waals surface area contributed by atoms with Gasteiger partial charge >= 0.3 is 0 Å². The summed E-state index contributed by atoms with van der Waals surface area (Å²) in [5, 5.41) is 7.53. The fourth-order valence-corrected chi connectivity index (χ4v) is 3.18. The number of nitrogens with zero attached hydrogens (tertiary/aromatic N) is 2. The van der Waals surface area contributed by atoms with E-state index in [1.54, 1.807) is 18.3 Å². The van der Waals surface area contributed by atoms with Crippen LogP contribution in [-0.4, -0.2) is 23.6 Å². The molecule has 0 aliphatic rings. The van der Waals surface area contributed by atoms with Crippen LogP contribution < -0.4 is 4.72 Å². The smallest absolute Gasteiger partial charge is 0.263 e. The van der Waals surface area contributed by atoms with Crippen molar-refractivity contribution in [2.45, 2.75) is 4.90 Å². The molecule has 0 bridgehead atoms. The summed E-state index contributed by atoms with van der Waals surface area (Å²) < 4.78 is 27.2. The predicted octanol–water partition coefficient (Wildman–Crippen LogP) is 3.07. The van der Waals surface area contributed by atoms with Gasteiger partial charge in [-0.15, -0.1) is 0 Å². The topological polar surface area (TPSA) is 87.7 Å². The van der Waals surface area contributed by atoms with Gasteiger partial charge in [-0.3, -0.25) is 9.82 Å². The van der Waals surface area contributed by atoms with E-state index in [-0.39, 0.29) is 15.1 Å². The summed E-state index contributed by atoms with van der Waals surface area (Å²) in [4.78, 5) is 3.66. The molecule has 2 N–H and O–H groups in total. The third kappa shape index (κ3) is 2.67. The number of pyridine rings is 1. The molecule has 0 aliphatic carbocycles. The van der Waals surface area contributed by atoms with Crippen LogP contribution in [0.25, 0.3) is 10.9 Å². The monoisotopic (exact) mass is 342 g/mol. The first kappa shape index (κ1) is 14.1. The van der Waals surface area contributed by atoms with Gasteiger partial charge in [0.05, 0.1) is 22.4 Å². The number of nitrogens with one attached hydrogen (secondary N) is 2. The van der Waals surface area contributed by atoms with Crippen LogP contribution >= 0.6 is 23.2 Å². The SMILES string of the molecule is O=S(=O)(Nc1cccc2cn[nH]c12)c1cnc(Cl)c(Cl)c1. The number of aromatic nitrogens is 3. The number of para-hydroxylation sites is 1. The fraction of sp³-hybridized carbons (Fsp3) is 0. The van der Waals surface area contributed by atoms with E-state index in [0.29, 0.717) is 11.2 Å². The molecule has 0 saturated carbocycles. The Morgan fingerprint density at radius 2 is 2.00 bits per heavy atom. The lowest BCUT2D eigenvalue weighted by molar-refractivity contribution is 0.601. The van der Waals surface area contributed by atoms with Crippen LogP contribution in [-0.2, 0) is 10.0 Å². The maximum atomic E-state index is 12.3. The van der Waals surface area contributed by atoms with E-state index in [1.807, 2.05) is 6.07 Å². The molecular formula is C12H8Cl2N4O2S. The highest BCUT2D eigenvalue weighted by Crippen LogP contribution is 2.26. The van der Waals surface area contributed by atoms with Crippen molar-refractivity contribution in [3.63, 3.8) is 0 Å². The van der Waals surface area contributed by atoms with Crippen LogP contribution in [0.2, 0.25) is 10.2 Å². The number of sulfonamides is 1. The molecule has 108 valence electrons. The number of halogens is 2. The van der Waals surface area contributed by atoms with Gasteiger partial charge in [0.1, 0.15) is 10.0 Å². The van der Waals surface area contributed by atoms with Crippen molar-refractivity contribution in [3.8, 4) is 0 Å². The number of hydrogen-bond acceptors (Lipinski definition) is 4. The average molecular weight is 343 g/mol. The Hall–Kier alpha value is -1.83. The van der Waals surface area contributed by atoms with Crippen molar-refractivity contribution in [3.05, 3.63) is 46.8 Å². The van der Waals surface area contributed by atoms with E-state index >= 15 is 0 Å². The van der Waals surface area contributed by atoms with Gasteiger partial charge in [-0.2, -0.15) is 5.10 Å². The Labute approximate surface area is 130 Å². The van der Waals surface area contributed by atoms with Gasteiger partial charge < -0.3 is 0 Å². The van der Waals surface area contributed by atoms with E-state index in [1.165, 1.54) is 6.07 Å². The average Bonchev–Trinajstić information content (AvgIpc) is 2.91. The zero-order valence-corrected chi connectivity index (χ0v) is 12.7. The highest BCUT2D eigenvalue weighted by molar-refractivity contribution is 7.92. The molecule has 21 heavy (non-hydrogen) atoms. The number of anilines is 1. The van der Waals surface area contributed by atoms with Crippen LogP contribution in [0, 0.1) is 0 Å². The predicted molar refractivity (Wildman–Crippen MR) is 81.2 cm³/mol. The summed E-state index contributed by atoms with van der Waals surface area (Å²) in [6.45, 7) is 0. The minimum atomic E-state index is -3.83. The van der Waals surface area contributed by atoms with Gasteiger partial charge in [-0.05, 0) is 12.1 Å². The molecule has 2 heterocycles. The second-order valence-electron chi connectivity index (χ2n) is 4.19. The molecule has 3 rings (SSSR count). The van der Waals surface area contributed by atoms with E-state index in [2.05, 4.69) is 19.9 Å². The highest BCUT2D eigenvalue weighted by Gasteiger charge is 2.18. The van der Waals surface area contributed by atoms with E-state index < -0.39 is 10.0 Å². The number of fused-ring (bicyclic) bond motifs is 1. The van der Waals surface area contributed by atoms with E-state index in [9.17, 15) is 8.42 Å². The molecule has 0 fully saturated rings. The molecule has 0 radical (unpaired) electrons. The van der Waals surface area contributed by atoms with Crippen molar-refractivity contribution in [1.29, 1.82) is 0 Å². The molecule has 0 atom stereocenters. The maximum absolute atomic E-state index is 12.3. The number of rotatable bonds is 3. The highest BCUT2D eigenvalue weighted by atomic mass is 35.5. The van der Waals surface area contributed by atoms with Crippen LogP contribution in [0.1, 0.15) is 0 Å². The molecule has 3 aromatic rings. The minimum Gasteiger partial charge on any atom is -0.277 e. The molecule has 0 spiro atoms. The second kappa shape index (κ2) is 5.18. The second-order valence-corrected chi connectivity index (χ2v) is 6.64. The number of aromatic amines is 1. The van der Waals surface area contributed by atoms with Gasteiger partial charge in [0.2, 0.25) is 0 Å². The molecule has 2 aromatic heterocycles. The molecule has 0 amide bonds. The Morgan fingerprint density at radius 1 is 1.19 bits per heavy atom. The van der Waals surface area contributed by atoms with Gasteiger partial charge in [0, 0.05) is 11.6 Å².